The van der Waals surface area contributed by atoms with Gasteiger partial charge in [-0.15, -0.1) is 0 Å². The molecule has 1 aliphatic carbocycles. The van der Waals surface area contributed by atoms with Crippen LogP contribution >= 0.6 is 0 Å². The monoisotopic (exact) mass is 248 g/mol. The van der Waals surface area contributed by atoms with Gasteiger partial charge in [0.25, 0.3) is 0 Å². The molecular weight excluding hydrogens is 224 g/mol. The lowest BCUT2D eigenvalue weighted by atomic mass is 9.77. The highest BCUT2D eigenvalue weighted by molar-refractivity contribution is 5.36. The summed E-state index contributed by atoms with van der Waals surface area (Å²) in [6.45, 7) is 2.34. The van der Waals surface area contributed by atoms with Crippen molar-refractivity contribution in [3.8, 4) is 5.75 Å². The van der Waals surface area contributed by atoms with Crippen molar-refractivity contribution >= 4 is 0 Å². The molecule has 0 heterocycles. The summed E-state index contributed by atoms with van der Waals surface area (Å²) in [6, 6.07) is 8.37. The van der Waals surface area contributed by atoms with E-state index < -0.39 is 0 Å². The number of nitrogens with one attached hydrogen (secondary N) is 1. The van der Waals surface area contributed by atoms with Crippen LogP contribution in [0.5, 0.6) is 5.75 Å². The van der Waals surface area contributed by atoms with Crippen molar-refractivity contribution in [1.29, 1.82) is 0 Å². The molecule has 18 heavy (non-hydrogen) atoms. The van der Waals surface area contributed by atoms with E-state index >= 15 is 0 Å². The summed E-state index contributed by atoms with van der Waals surface area (Å²) in [7, 11) is 1.72. The smallest absolute Gasteiger partial charge is 0.123 e. The van der Waals surface area contributed by atoms with Crippen molar-refractivity contribution in [3.63, 3.8) is 0 Å². The zero-order chi connectivity index (χ0) is 13.0. The lowest BCUT2D eigenvalue weighted by Crippen LogP contribution is -2.35. The van der Waals surface area contributed by atoms with Crippen LogP contribution in [0, 0.1) is 11.8 Å². The molecule has 0 radical (unpaired) electrons. The third-order valence-corrected chi connectivity index (χ3v) is 4.10. The molecule has 1 aliphatic rings. The average molecular weight is 248 g/mol. The molecular formula is C15H24N2O. The average Bonchev–Trinajstić information content (AvgIpc) is 2.40. The van der Waals surface area contributed by atoms with E-state index in [9.17, 15) is 0 Å². The Morgan fingerprint density at radius 3 is 2.78 bits per heavy atom. The number of hydrogen-bond donors (Lipinski definition) is 2. The molecule has 0 spiro atoms. The SMILES string of the molecule is COc1ccccc1C(NN)C1CCCC(C)C1. The molecule has 0 aliphatic heterocycles. The van der Waals surface area contributed by atoms with E-state index in [-0.39, 0.29) is 6.04 Å². The zero-order valence-corrected chi connectivity index (χ0v) is 11.4. The van der Waals surface area contributed by atoms with Gasteiger partial charge in [0.1, 0.15) is 5.75 Å². The number of rotatable bonds is 4. The molecule has 3 heteroatoms. The minimum Gasteiger partial charge on any atom is -0.496 e. The first-order chi connectivity index (χ1) is 8.76. The number of para-hydroxylation sites is 1. The number of benzene rings is 1. The van der Waals surface area contributed by atoms with Gasteiger partial charge in [-0.3, -0.25) is 11.3 Å². The number of nitrogens with two attached hydrogens (primary N) is 1. The lowest BCUT2D eigenvalue weighted by Gasteiger charge is -2.33. The van der Waals surface area contributed by atoms with E-state index in [0.717, 1.165) is 11.7 Å². The van der Waals surface area contributed by atoms with Crippen LogP contribution in [-0.2, 0) is 0 Å². The van der Waals surface area contributed by atoms with Crippen molar-refractivity contribution in [3.05, 3.63) is 29.8 Å². The van der Waals surface area contributed by atoms with Crippen LogP contribution < -0.4 is 16.0 Å². The van der Waals surface area contributed by atoms with Crippen LogP contribution in [0.25, 0.3) is 0 Å². The summed E-state index contributed by atoms with van der Waals surface area (Å²) in [5.41, 5.74) is 4.19. The number of hydrazine groups is 1. The van der Waals surface area contributed by atoms with Crippen LogP contribution in [0.15, 0.2) is 24.3 Å². The minimum absolute atomic E-state index is 0.198. The maximum atomic E-state index is 5.80. The Bertz CT molecular complexity index is 381. The zero-order valence-electron chi connectivity index (χ0n) is 11.4. The predicted molar refractivity (Wildman–Crippen MR) is 74.2 cm³/mol. The van der Waals surface area contributed by atoms with Crippen LogP contribution in [0.1, 0.15) is 44.2 Å². The van der Waals surface area contributed by atoms with Gasteiger partial charge in [0.2, 0.25) is 0 Å². The van der Waals surface area contributed by atoms with Crippen molar-refractivity contribution < 1.29 is 4.74 Å². The van der Waals surface area contributed by atoms with Gasteiger partial charge < -0.3 is 4.74 Å². The summed E-state index contributed by atoms with van der Waals surface area (Å²) in [4.78, 5) is 0. The summed E-state index contributed by atoms with van der Waals surface area (Å²) in [6.07, 6.45) is 5.14. The molecule has 1 aromatic carbocycles. The largest absolute Gasteiger partial charge is 0.496 e. The third-order valence-electron chi connectivity index (χ3n) is 4.10. The third kappa shape index (κ3) is 2.85. The van der Waals surface area contributed by atoms with Crippen LogP contribution in [0.2, 0.25) is 0 Å². The van der Waals surface area contributed by atoms with E-state index in [4.69, 9.17) is 10.6 Å². The summed E-state index contributed by atoms with van der Waals surface area (Å²) < 4.78 is 5.45. The first kappa shape index (κ1) is 13.4. The summed E-state index contributed by atoms with van der Waals surface area (Å²) in [5.74, 6) is 8.14. The van der Waals surface area contributed by atoms with Gasteiger partial charge in [-0.25, -0.2) is 0 Å². The van der Waals surface area contributed by atoms with E-state index in [1.807, 2.05) is 12.1 Å². The predicted octanol–water partition coefficient (Wildman–Crippen LogP) is 3.03. The maximum absolute atomic E-state index is 5.80. The Labute approximate surface area is 110 Å². The van der Waals surface area contributed by atoms with Gasteiger partial charge in [-0.1, -0.05) is 38.0 Å². The van der Waals surface area contributed by atoms with Gasteiger partial charge in [0.05, 0.1) is 13.2 Å². The Morgan fingerprint density at radius 2 is 2.11 bits per heavy atom. The van der Waals surface area contributed by atoms with E-state index in [1.165, 1.54) is 31.2 Å². The first-order valence-corrected chi connectivity index (χ1v) is 6.85. The van der Waals surface area contributed by atoms with Gasteiger partial charge in [-0.05, 0) is 30.7 Å². The van der Waals surface area contributed by atoms with E-state index in [0.29, 0.717) is 5.92 Å². The summed E-state index contributed by atoms with van der Waals surface area (Å²) >= 11 is 0. The fourth-order valence-electron chi connectivity index (χ4n) is 3.19. The van der Waals surface area contributed by atoms with Crippen LogP contribution in [0.3, 0.4) is 0 Å². The molecule has 0 saturated heterocycles. The van der Waals surface area contributed by atoms with E-state index in [1.54, 1.807) is 7.11 Å². The Balaban J connectivity index is 2.21. The molecule has 3 N–H and O–H groups in total. The standard InChI is InChI=1S/C15H24N2O/c1-11-6-5-7-12(10-11)15(17-16)13-8-3-4-9-14(13)18-2/h3-4,8-9,11-12,15,17H,5-7,10,16H2,1-2H3. The fourth-order valence-corrected chi connectivity index (χ4v) is 3.19. The van der Waals surface area contributed by atoms with Crippen molar-refractivity contribution in [1.82, 2.24) is 5.43 Å². The van der Waals surface area contributed by atoms with E-state index in [2.05, 4.69) is 24.5 Å². The molecule has 3 nitrogen and oxygen atoms in total. The molecule has 1 fully saturated rings. The molecule has 3 atom stereocenters. The maximum Gasteiger partial charge on any atom is 0.123 e. The molecule has 0 amide bonds. The normalized spacial score (nSPS) is 25.7. The molecule has 0 bridgehead atoms. The summed E-state index contributed by atoms with van der Waals surface area (Å²) in [5, 5.41) is 0. The molecule has 1 aromatic rings. The van der Waals surface area contributed by atoms with Gasteiger partial charge >= 0.3 is 0 Å². The molecule has 1 saturated carbocycles. The second kappa shape index (κ2) is 6.21. The Kier molecular flexibility index (Phi) is 4.61. The van der Waals surface area contributed by atoms with Gasteiger partial charge in [0.15, 0.2) is 0 Å². The van der Waals surface area contributed by atoms with Gasteiger partial charge in [0, 0.05) is 5.56 Å². The Morgan fingerprint density at radius 1 is 1.33 bits per heavy atom. The number of ether oxygens (including phenoxy) is 1. The van der Waals surface area contributed by atoms with Crippen molar-refractivity contribution in [2.24, 2.45) is 17.7 Å². The van der Waals surface area contributed by atoms with Gasteiger partial charge in [-0.2, -0.15) is 0 Å². The topological polar surface area (TPSA) is 47.3 Å². The number of methoxy groups -OCH3 is 1. The molecule has 2 rings (SSSR count). The highest BCUT2D eigenvalue weighted by Crippen LogP contribution is 2.39. The first-order valence-electron chi connectivity index (χ1n) is 6.85. The van der Waals surface area contributed by atoms with Crippen LogP contribution in [-0.4, -0.2) is 7.11 Å². The highest BCUT2D eigenvalue weighted by atomic mass is 16.5. The molecule has 0 aromatic heterocycles. The number of hydrogen-bond acceptors (Lipinski definition) is 3. The second-order valence-corrected chi connectivity index (χ2v) is 5.42. The Hall–Kier alpha value is -1.06. The fraction of sp³-hybridized carbons (Fsp3) is 0.600. The molecule has 100 valence electrons. The minimum atomic E-state index is 0.198. The quantitative estimate of drug-likeness (QED) is 0.636. The van der Waals surface area contributed by atoms with Crippen LogP contribution in [0.4, 0.5) is 0 Å². The second-order valence-electron chi connectivity index (χ2n) is 5.42. The lowest BCUT2D eigenvalue weighted by molar-refractivity contribution is 0.221. The van der Waals surface area contributed by atoms with Crippen molar-refractivity contribution in [2.75, 3.05) is 7.11 Å². The molecule has 3 unspecified atom stereocenters. The van der Waals surface area contributed by atoms with Crippen molar-refractivity contribution in [2.45, 2.75) is 38.6 Å². The highest BCUT2D eigenvalue weighted by Gasteiger charge is 2.28.